The maximum absolute atomic E-state index is 12.8. The monoisotopic (exact) mass is 356 g/mol. The number of ether oxygens (including phenoxy) is 1. The van der Waals surface area contributed by atoms with Gasteiger partial charge >= 0.3 is 16.2 Å². The number of hydrogen-bond donors (Lipinski definition) is 0. The van der Waals surface area contributed by atoms with Crippen LogP contribution >= 0.6 is 10.2 Å². The van der Waals surface area contributed by atoms with Gasteiger partial charge in [-0.25, -0.2) is 4.79 Å². The molecule has 2 nitrogen and oxygen atoms in total. The van der Waals surface area contributed by atoms with Crippen molar-refractivity contribution in [1.82, 2.24) is 0 Å². The zero-order valence-corrected chi connectivity index (χ0v) is 13.3. The second-order valence-corrected chi connectivity index (χ2v) is 8.27. The highest BCUT2D eigenvalue weighted by atomic mass is 32.5. The summed E-state index contributed by atoms with van der Waals surface area (Å²) >= 11 is 0. The molecule has 0 unspecified atom stereocenters. The van der Waals surface area contributed by atoms with Crippen molar-refractivity contribution in [3.63, 3.8) is 0 Å². The normalized spacial score (nSPS) is 20.4. The van der Waals surface area contributed by atoms with Crippen LogP contribution in [0.1, 0.15) is 38.2 Å². The van der Waals surface area contributed by atoms with Gasteiger partial charge in [-0.05, 0) is 50.3 Å². The molecule has 1 fully saturated rings. The molecule has 0 aromatic heterocycles. The molecule has 2 rings (SSSR count). The lowest BCUT2D eigenvalue weighted by atomic mass is 9.92. The molecule has 8 heteroatoms. The van der Waals surface area contributed by atoms with Crippen LogP contribution in [-0.4, -0.2) is 5.97 Å². The lowest BCUT2D eigenvalue weighted by molar-refractivity contribution is -0.155. The van der Waals surface area contributed by atoms with Crippen LogP contribution in [0.25, 0.3) is 0 Å². The van der Waals surface area contributed by atoms with Gasteiger partial charge in [0.2, 0.25) is 0 Å². The molecule has 0 N–H and O–H groups in total. The second kappa shape index (κ2) is 4.72. The van der Waals surface area contributed by atoms with Crippen molar-refractivity contribution < 1.29 is 29.0 Å². The van der Waals surface area contributed by atoms with Crippen molar-refractivity contribution in [2.24, 2.45) is 0 Å². The summed E-state index contributed by atoms with van der Waals surface area (Å²) in [7, 11) is -9.70. The smallest absolute Gasteiger partial charge is 0.333 e. The lowest BCUT2D eigenvalue weighted by Gasteiger charge is -2.41. The molecule has 0 amide bonds. The molecule has 0 spiro atoms. The summed E-state index contributed by atoms with van der Waals surface area (Å²) in [6.07, 6.45) is 2.32. The van der Waals surface area contributed by atoms with E-state index in [4.69, 9.17) is 4.74 Å². The van der Waals surface area contributed by atoms with Crippen molar-refractivity contribution in [2.75, 3.05) is 0 Å². The largest absolute Gasteiger partial charge is 0.451 e. The molecule has 0 saturated heterocycles. The average Bonchev–Trinajstić information content (AvgIpc) is 2.86. The van der Waals surface area contributed by atoms with Crippen LogP contribution in [0.4, 0.5) is 19.4 Å². The van der Waals surface area contributed by atoms with E-state index in [0.29, 0.717) is 25.0 Å². The summed E-state index contributed by atoms with van der Waals surface area (Å²) in [5.74, 6) is -0.649. The Morgan fingerprint density at radius 3 is 1.96 bits per heavy atom. The maximum atomic E-state index is 12.8. The van der Waals surface area contributed by atoms with E-state index < -0.39 is 26.7 Å². The van der Waals surface area contributed by atoms with Crippen molar-refractivity contribution in [3.8, 4) is 0 Å². The SMILES string of the molecule is C=C(C)C(=O)OC1(c2ccc(S(F)(F)(F)(F)F)cc2)CCCC1. The number of benzene rings is 1. The minimum Gasteiger partial charge on any atom is -0.451 e. The van der Waals surface area contributed by atoms with Gasteiger partial charge in [0.25, 0.3) is 0 Å². The molecule has 1 saturated carbocycles. The van der Waals surface area contributed by atoms with E-state index in [1.54, 1.807) is 0 Å². The fourth-order valence-corrected chi connectivity index (χ4v) is 3.33. The second-order valence-electron chi connectivity index (χ2n) is 5.86. The Labute approximate surface area is 131 Å². The Kier molecular flexibility index (Phi) is 3.65. The van der Waals surface area contributed by atoms with Crippen molar-refractivity contribution in [2.45, 2.75) is 43.1 Å². The predicted octanol–water partition coefficient (Wildman–Crippen LogP) is 6.23. The molecule has 1 aromatic carbocycles. The highest BCUT2D eigenvalue weighted by Gasteiger charge is 2.65. The Hall–Kier alpha value is -1.57. The highest BCUT2D eigenvalue weighted by molar-refractivity contribution is 8.45. The third-order valence-electron chi connectivity index (χ3n) is 3.87. The third kappa shape index (κ3) is 3.85. The first-order valence-electron chi connectivity index (χ1n) is 6.97. The molecule has 1 aliphatic carbocycles. The fourth-order valence-electron chi connectivity index (χ4n) is 2.68. The predicted molar refractivity (Wildman–Crippen MR) is 78.9 cm³/mol. The van der Waals surface area contributed by atoms with Gasteiger partial charge in [0.1, 0.15) is 10.5 Å². The molecule has 130 valence electrons. The minimum atomic E-state index is -9.70. The Bertz CT molecular complexity index is 643. The molecule has 0 radical (unpaired) electrons. The molecule has 1 aromatic rings. The van der Waals surface area contributed by atoms with Gasteiger partial charge < -0.3 is 4.74 Å². The van der Waals surface area contributed by atoms with Crippen LogP contribution in [0.3, 0.4) is 0 Å². The molecular weight excluding hydrogens is 339 g/mol. The van der Waals surface area contributed by atoms with Gasteiger partial charge in [0, 0.05) is 5.57 Å². The van der Waals surface area contributed by atoms with E-state index in [1.807, 2.05) is 0 Å². The summed E-state index contributed by atoms with van der Waals surface area (Å²) in [6, 6.07) is 2.63. The Balaban J connectivity index is 2.39. The zero-order chi connectivity index (χ0) is 17.6. The van der Waals surface area contributed by atoms with E-state index >= 15 is 0 Å². The molecule has 0 atom stereocenters. The van der Waals surface area contributed by atoms with Crippen molar-refractivity contribution in [1.29, 1.82) is 0 Å². The number of carbonyl (C=O) groups is 1. The average molecular weight is 356 g/mol. The third-order valence-corrected chi connectivity index (χ3v) is 5.04. The summed E-state index contributed by atoms with van der Waals surface area (Å²) in [5, 5.41) is 0. The first-order chi connectivity index (χ1) is 10.2. The minimum absolute atomic E-state index is 0.167. The number of carbonyl (C=O) groups excluding carboxylic acids is 1. The molecule has 1 aliphatic rings. The summed E-state index contributed by atoms with van der Waals surface area (Å²) in [4.78, 5) is 9.84. The van der Waals surface area contributed by atoms with Gasteiger partial charge in [-0.2, -0.15) is 0 Å². The van der Waals surface area contributed by atoms with E-state index in [9.17, 15) is 24.2 Å². The number of rotatable bonds is 4. The molecule has 0 aliphatic heterocycles. The maximum Gasteiger partial charge on any atom is 0.333 e. The van der Waals surface area contributed by atoms with Crippen LogP contribution < -0.4 is 0 Å². The van der Waals surface area contributed by atoms with E-state index in [2.05, 4.69) is 6.58 Å². The first kappa shape index (κ1) is 17.8. The lowest BCUT2D eigenvalue weighted by Crippen LogP contribution is -2.29. The molecule has 23 heavy (non-hydrogen) atoms. The Morgan fingerprint density at radius 2 is 1.57 bits per heavy atom. The van der Waals surface area contributed by atoms with Gasteiger partial charge in [-0.3, -0.25) is 0 Å². The molecular formula is C15H17F5O2S. The van der Waals surface area contributed by atoms with Gasteiger partial charge in [0.05, 0.1) is 0 Å². The molecule has 0 heterocycles. The van der Waals surface area contributed by atoms with Gasteiger partial charge in [0.15, 0.2) is 0 Å². The van der Waals surface area contributed by atoms with Crippen molar-refractivity contribution >= 4 is 16.2 Å². The first-order valence-corrected chi connectivity index (χ1v) is 8.92. The van der Waals surface area contributed by atoms with Crippen LogP contribution in [0.15, 0.2) is 41.3 Å². The van der Waals surface area contributed by atoms with Crippen molar-refractivity contribution in [3.05, 3.63) is 42.0 Å². The number of esters is 1. The summed E-state index contributed by atoms with van der Waals surface area (Å²) < 4.78 is 69.3. The number of hydrogen-bond acceptors (Lipinski definition) is 2. The zero-order valence-electron chi connectivity index (χ0n) is 12.5. The molecule has 0 bridgehead atoms. The fraction of sp³-hybridized carbons (Fsp3) is 0.400. The highest BCUT2D eigenvalue weighted by Crippen LogP contribution is 3.02. The van der Waals surface area contributed by atoms with Crippen LogP contribution in [-0.2, 0) is 15.1 Å². The Morgan fingerprint density at radius 1 is 1.09 bits per heavy atom. The number of halogens is 5. The quantitative estimate of drug-likeness (QED) is 0.363. The van der Waals surface area contributed by atoms with Crippen LogP contribution in [0, 0.1) is 0 Å². The summed E-state index contributed by atoms with van der Waals surface area (Å²) in [6.45, 7) is 4.93. The topological polar surface area (TPSA) is 26.3 Å². The van der Waals surface area contributed by atoms with E-state index in [1.165, 1.54) is 6.92 Å². The van der Waals surface area contributed by atoms with Crippen LogP contribution in [0.5, 0.6) is 0 Å². The van der Waals surface area contributed by atoms with E-state index in [-0.39, 0.29) is 11.1 Å². The van der Waals surface area contributed by atoms with Gasteiger partial charge in [-0.1, -0.05) is 38.1 Å². The summed E-state index contributed by atoms with van der Waals surface area (Å²) in [5.41, 5.74) is -0.623. The van der Waals surface area contributed by atoms with Crippen LogP contribution in [0.2, 0.25) is 0 Å². The van der Waals surface area contributed by atoms with Gasteiger partial charge in [-0.15, -0.1) is 0 Å². The van der Waals surface area contributed by atoms with E-state index in [0.717, 1.165) is 25.0 Å². The standard InChI is InChI=1S/C15H17F5O2S/c1-11(2)14(21)22-15(9-3-4-10-15)12-5-7-13(8-6-12)23(16,17,18,19)20/h5-8H,1,3-4,9-10H2,2H3.